The van der Waals surface area contributed by atoms with E-state index in [2.05, 4.69) is 0 Å². The van der Waals surface area contributed by atoms with Crippen molar-refractivity contribution in [1.82, 2.24) is 0 Å². The maximum absolute atomic E-state index is 13.8. The Balaban J connectivity index is 2.52. The molecule has 0 bridgehead atoms. The smallest absolute Gasteiger partial charge is 0.172 e. The molecule has 0 aromatic heterocycles. The van der Waals surface area contributed by atoms with Crippen LogP contribution in [0.2, 0.25) is 0 Å². The van der Waals surface area contributed by atoms with Crippen LogP contribution in [0.1, 0.15) is 30.9 Å². The van der Waals surface area contributed by atoms with Crippen LogP contribution in [0.4, 0.5) is 4.39 Å². The Kier molecular flexibility index (Phi) is 2.80. The lowest BCUT2D eigenvalue weighted by molar-refractivity contribution is 0.384. The lowest BCUT2D eigenvalue weighted by Crippen LogP contribution is -2.31. The van der Waals surface area contributed by atoms with E-state index in [1.807, 2.05) is 13.0 Å². The number of methoxy groups -OCH3 is 1. The van der Waals surface area contributed by atoms with Crippen molar-refractivity contribution in [2.75, 3.05) is 7.11 Å². The highest BCUT2D eigenvalue weighted by atomic mass is 19.1. The number of nitrogens with zero attached hydrogens (tertiary/aromatic N) is 1. The quantitative estimate of drug-likeness (QED) is 0.871. The fraction of sp³-hybridized carbons (Fsp3) is 0.462. The van der Waals surface area contributed by atoms with Crippen LogP contribution in [-0.4, -0.2) is 13.2 Å². The minimum atomic E-state index is -0.492. The fourth-order valence-electron chi connectivity index (χ4n) is 2.31. The first-order valence-corrected chi connectivity index (χ1v) is 5.59. The molecule has 1 aliphatic carbocycles. The molecule has 0 spiro atoms. The van der Waals surface area contributed by atoms with Crippen molar-refractivity contribution in [3.8, 4) is 11.8 Å². The molecule has 1 aliphatic rings. The number of ether oxygens (including phenoxy) is 1. The molecule has 4 heteroatoms. The van der Waals surface area contributed by atoms with Crippen molar-refractivity contribution < 1.29 is 9.13 Å². The van der Waals surface area contributed by atoms with Gasteiger partial charge < -0.3 is 10.5 Å². The van der Waals surface area contributed by atoms with E-state index in [9.17, 15) is 4.39 Å². The average Bonchev–Trinajstić information content (AvgIpc) is 3.08. The summed E-state index contributed by atoms with van der Waals surface area (Å²) in [6.45, 7) is 1.92. The van der Waals surface area contributed by atoms with Gasteiger partial charge in [0.15, 0.2) is 11.6 Å². The van der Waals surface area contributed by atoms with Gasteiger partial charge in [0.05, 0.1) is 12.7 Å². The summed E-state index contributed by atoms with van der Waals surface area (Å²) in [5, 5.41) is 9.00. The molecule has 17 heavy (non-hydrogen) atoms. The number of hydrogen-bond acceptors (Lipinski definition) is 3. The lowest BCUT2D eigenvalue weighted by atomic mass is 9.88. The number of rotatable bonds is 3. The summed E-state index contributed by atoms with van der Waals surface area (Å²) in [6.07, 6.45) is 1.89. The Bertz CT molecular complexity index is 487. The van der Waals surface area contributed by atoms with Crippen LogP contribution >= 0.6 is 0 Å². The van der Waals surface area contributed by atoms with E-state index in [-0.39, 0.29) is 22.8 Å². The highest BCUT2D eigenvalue weighted by Gasteiger charge is 2.48. The molecule has 0 heterocycles. The summed E-state index contributed by atoms with van der Waals surface area (Å²) in [4.78, 5) is 0. The van der Waals surface area contributed by atoms with Crippen LogP contribution in [0.15, 0.2) is 12.1 Å². The summed E-state index contributed by atoms with van der Waals surface area (Å²) < 4.78 is 18.7. The van der Waals surface area contributed by atoms with Crippen LogP contribution < -0.4 is 10.5 Å². The van der Waals surface area contributed by atoms with Gasteiger partial charge in [-0.25, -0.2) is 4.39 Å². The zero-order chi connectivity index (χ0) is 12.6. The van der Waals surface area contributed by atoms with E-state index >= 15 is 0 Å². The van der Waals surface area contributed by atoms with Gasteiger partial charge in [-0.3, -0.25) is 0 Å². The molecule has 3 nitrogen and oxygen atoms in total. The Morgan fingerprint density at radius 3 is 2.59 bits per heavy atom. The zero-order valence-corrected chi connectivity index (χ0v) is 9.96. The standard InChI is InChI=1S/C13H15FN2O/c1-8(16)13(3-4-13)10-5-9(7-15)12(17-2)11(14)6-10/h5-6,8H,3-4,16H2,1-2H3. The summed E-state index contributed by atoms with van der Waals surface area (Å²) >= 11 is 0. The Hall–Kier alpha value is -1.60. The number of halogens is 1. The van der Waals surface area contributed by atoms with Gasteiger partial charge in [0.1, 0.15) is 6.07 Å². The van der Waals surface area contributed by atoms with Crippen LogP contribution in [0, 0.1) is 17.1 Å². The van der Waals surface area contributed by atoms with E-state index in [4.69, 9.17) is 15.7 Å². The SMILES string of the molecule is COc1c(F)cc(C2(C(C)N)CC2)cc1C#N. The molecule has 1 unspecified atom stereocenters. The molecule has 2 N–H and O–H groups in total. The summed E-state index contributed by atoms with van der Waals surface area (Å²) in [5.41, 5.74) is 6.82. The van der Waals surface area contributed by atoms with Crippen molar-refractivity contribution in [1.29, 1.82) is 5.26 Å². The van der Waals surface area contributed by atoms with Crippen molar-refractivity contribution in [2.45, 2.75) is 31.2 Å². The van der Waals surface area contributed by atoms with Gasteiger partial charge in [0.2, 0.25) is 0 Å². The van der Waals surface area contributed by atoms with E-state index in [0.717, 1.165) is 18.4 Å². The normalized spacial score (nSPS) is 18.3. The van der Waals surface area contributed by atoms with Crippen LogP contribution in [-0.2, 0) is 5.41 Å². The number of hydrogen-bond donors (Lipinski definition) is 1. The predicted molar refractivity (Wildman–Crippen MR) is 62.2 cm³/mol. The second-order valence-electron chi connectivity index (χ2n) is 4.60. The molecule has 1 aromatic rings. The van der Waals surface area contributed by atoms with Gasteiger partial charge >= 0.3 is 0 Å². The maximum atomic E-state index is 13.8. The van der Waals surface area contributed by atoms with Gasteiger partial charge in [-0.2, -0.15) is 5.26 Å². The number of benzene rings is 1. The van der Waals surface area contributed by atoms with Crippen LogP contribution in [0.5, 0.6) is 5.75 Å². The van der Waals surface area contributed by atoms with E-state index < -0.39 is 5.82 Å². The van der Waals surface area contributed by atoms with Gasteiger partial charge in [0.25, 0.3) is 0 Å². The summed E-state index contributed by atoms with van der Waals surface area (Å²) in [6, 6.07) is 5.05. The summed E-state index contributed by atoms with van der Waals surface area (Å²) in [7, 11) is 1.36. The Labute approximate surface area is 100.0 Å². The molecule has 2 rings (SSSR count). The topological polar surface area (TPSA) is 59.0 Å². The average molecular weight is 234 g/mol. The number of nitrogens with two attached hydrogens (primary N) is 1. The highest BCUT2D eigenvalue weighted by Crippen LogP contribution is 2.51. The van der Waals surface area contributed by atoms with E-state index in [1.165, 1.54) is 13.2 Å². The van der Waals surface area contributed by atoms with Crippen molar-refractivity contribution in [3.05, 3.63) is 29.1 Å². The van der Waals surface area contributed by atoms with Crippen molar-refractivity contribution in [2.24, 2.45) is 5.73 Å². The third-order valence-corrected chi connectivity index (χ3v) is 3.60. The van der Waals surface area contributed by atoms with E-state index in [1.54, 1.807) is 6.07 Å². The van der Waals surface area contributed by atoms with Gasteiger partial charge in [-0.15, -0.1) is 0 Å². The molecule has 0 aliphatic heterocycles. The van der Waals surface area contributed by atoms with Gasteiger partial charge in [0, 0.05) is 11.5 Å². The molecule has 0 amide bonds. The lowest BCUT2D eigenvalue weighted by Gasteiger charge is -2.21. The molecule has 1 fully saturated rings. The Morgan fingerprint density at radius 1 is 1.53 bits per heavy atom. The van der Waals surface area contributed by atoms with Crippen molar-refractivity contribution in [3.63, 3.8) is 0 Å². The van der Waals surface area contributed by atoms with Crippen molar-refractivity contribution >= 4 is 0 Å². The second kappa shape index (κ2) is 4.01. The molecule has 90 valence electrons. The molecule has 0 saturated heterocycles. The van der Waals surface area contributed by atoms with Gasteiger partial charge in [-0.05, 0) is 37.5 Å². The molecule has 0 radical (unpaired) electrons. The fourth-order valence-corrected chi connectivity index (χ4v) is 2.31. The first-order chi connectivity index (χ1) is 8.05. The predicted octanol–water partition coefficient (Wildman–Crippen LogP) is 2.08. The molecule has 1 aromatic carbocycles. The minimum absolute atomic E-state index is 0.0109. The second-order valence-corrected chi connectivity index (χ2v) is 4.60. The monoisotopic (exact) mass is 234 g/mol. The third-order valence-electron chi connectivity index (χ3n) is 3.60. The van der Waals surface area contributed by atoms with Gasteiger partial charge in [-0.1, -0.05) is 0 Å². The summed E-state index contributed by atoms with van der Waals surface area (Å²) in [5.74, 6) is -0.481. The van der Waals surface area contributed by atoms with E-state index in [0.29, 0.717) is 0 Å². The maximum Gasteiger partial charge on any atom is 0.172 e. The zero-order valence-electron chi connectivity index (χ0n) is 9.96. The molecule has 1 saturated carbocycles. The minimum Gasteiger partial charge on any atom is -0.492 e. The number of nitriles is 1. The molecular weight excluding hydrogens is 219 g/mol. The van der Waals surface area contributed by atoms with Crippen LogP contribution in [0.3, 0.4) is 0 Å². The van der Waals surface area contributed by atoms with Crippen LogP contribution in [0.25, 0.3) is 0 Å². The first kappa shape index (κ1) is 11.9. The molecular formula is C13H15FN2O. The first-order valence-electron chi connectivity index (χ1n) is 5.59. The largest absolute Gasteiger partial charge is 0.492 e. The molecule has 1 atom stereocenters. The highest BCUT2D eigenvalue weighted by molar-refractivity contribution is 5.50. The third kappa shape index (κ3) is 1.77. The Morgan fingerprint density at radius 2 is 2.18 bits per heavy atom.